The van der Waals surface area contributed by atoms with Crippen LogP contribution in [0.2, 0.25) is 0 Å². The van der Waals surface area contributed by atoms with Crippen LogP contribution in [0.15, 0.2) is 54.0 Å². The Hall–Kier alpha value is -3.56. The van der Waals surface area contributed by atoms with Gasteiger partial charge in [-0.1, -0.05) is 5.18 Å². The fourth-order valence-corrected chi connectivity index (χ4v) is 3.29. The Labute approximate surface area is 161 Å². The predicted octanol–water partition coefficient (Wildman–Crippen LogP) is 4.83. The summed E-state index contributed by atoms with van der Waals surface area (Å²) in [7, 11) is 1.21. The highest BCUT2D eigenvalue weighted by Crippen LogP contribution is 2.42. The maximum Gasteiger partial charge on any atom is 0.433 e. The predicted molar refractivity (Wildman–Crippen MR) is 97.3 cm³/mol. The van der Waals surface area contributed by atoms with E-state index >= 15 is 0 Å². The monoisotopic (exact) mass is 403 g/mol. The van der Waals surface area contributed by atoms with Crippen LogP contribution in [0.5, 0.6) is 0 Å². The Balaban J connectivity index is 2.01. The Bertz CT molecular complexity index is 1210. The third kappa shape index (κ3) is 3.26. The van der Waals surface area contributed by atoms with E-state index in [1.54, 1.807) is 6.07 Å². The quantitative estimate of drug-likeness (QED) is 0.362. The van der Waals surface area contributed by atoms with Gasteiger partial charge in [0.15, 0.2) is 5.69 Å². The van der Waals surface area contributed by atoms with Crippen LogP contribution in [0.4, 0.5) is 17.6 Å². The summed E-state index contributed by atoms with van der Waals surface area (Å²) >= 11 is 0. The van der Waals surface area contributed by atoms with Gasteiger partial charge >= 0.3 is 6.18 Å². The van der Waals surface area contributed by atoms with Crippen LogP contribution in [0.1, 0.15) is 11.4 Å². The van der Waals surface area contributed by atoms with Crippen molar-refractivity contribution in [3.63, 3.8) is 0 Å². The standard InChI is InChI=1S/C19H13F4N5O/c1-27-18(19(21,22)23)16(17(26-27)11-2-5-13(20)6-3-11)12-4-7-15-24-8-14(9-25-29)28(15)10-12/h2-8,10H,9H2,1H3. The number of hydrogen-bond donors (Lipinski definition) is 0. The normalized spacial score (nSPS) is 11.9. The highest BCUT2D eigenvalue weighted by atomic mass is 19.4. The minimum absolute atomic E-state index is 0.0642. The molecule has 0 aliphatic carbocycles. The van der Waals surface area contributed by atoms with Crippen LogP contribution in [-0.4, -0.2) is 19.2 Å². The largest absolute Gasteiger partial charge is 0.433 e. The number of imidazole rings is 1. The average molecular weight is 403 g/mol. The molecule has 29 heavy (non-hydrogen) atoms. The minimum Gasteiger partial charge on any atom is -0.301 e. The van der Waals surface area contributed by atoms with Gasteiger partial charge in [-0.2, -0.15) is 23.2 Å². The van der Waals surface area contributed by atoms with Crippen LogP contribution in [0, 0.1) is 10.7 Å². The summed E-state index contributed by atoms with van der Waals surface area (Å²) < 4.78 is 57.1. The third-order valence-corrected chi connectivity index (χ3v) is 4.53. The molecule has 3 heterocycles. The van der Waals surface area contributed by atoms with Crippen molar-refractivity contribution in [3.05, 3.63) is 70.9 Å². The molecule has 1 aromatic carbocycles. The first-order valence-corrected chi connectivity index (χ1v) is 8.45. The van der Waals surface area contributed by atoms with Crippen LogP contribution >= 0.6 is 0 Å². The second kappa shape index (κ2) is 6.80. The van der Waals surface area contributed by atoms with Crippen LogP contribution in [0.25, 0.3) is 28.0 Å². The molecule has 0 bridgehead atoms. The zero-order valence-electron chi connectivity index (χ0n) is 15.0. The minimum atomic E-state index is -4.67. The molecule has 0 amide bonds. The molecule has 6 nitrogen and oxygen atoms in total. The van der Waals surface area contributed by atoms with Gasteiger partial charge in [0.25, 0.3) is 0 Å². The maximum absolute atomic E-state index is 13.8. The highest BCUT2D eigenvalue weighted by Gasteiger charge is 2.40. The van der Waals surface area contributed by atoms with Crippen molar-refractivity contribution in [1.82, 2.24) is 19.2 Å². The molecule has 4 aromatic rings. The van der Waals surface area contributed by atoms with E-state index in [4.69, 9.17) is 0 Å². The van der Waals surface area contributed by atoms with Crippen molar-refractivity contribution in [2.24, 2.45) is 12.2 Å². The average Bonchev–Trinajstić information content (AvgIpc) is 3.23. The van der Waals surface area contributed by atoms with Gasteiger partial charge in [-0.15, -0.1) is 0 Å². The van der Waals surface area contributed by atoms with E-state index in [1.807, 2.05) is 0 Å². The van der Waals surface area contributed by atoms with Crippen LogP contribution < -0.4 is 0 Å². The molecule has 0 atom stereocenters. The number of alkyl halides is 3. The summed E-state index contributed by atoms with van der Waals surface area (Å²) in [6.45, 7) is -0.172. The number of pyridine rings is 1. The van der Waals surface area contributed by atoms with E-state index in [2.05, 4.69) is 15.3 Å². The molecule has 0 aliphatic rings. The summed E-state index contributed by atoms with van der Waals surface area (Å²) in [4.78, 5) is 14.8. The molecule has 148 valence electrons. The van der Waals surface area contributed by atoms with E-state index < -0.39 is 17.7 Å². The molecule has 0 spiro atoms. The number of halogens is 4. The smallest absolute Gasteiger partial charge is 0.301 e. The second-order valence-corrected chi connectivity index (χ2v) is 6.38. The lowest BCUT2D eigenvalue weighted by Crippen LogP contribution is -2.13. The Kier molecular flexibility index (Phi) is 4.40. The SMILES string of the molecule is Cn1nc(-c2ccc(F)cc2)c(-c2ccc3ncc(CN=O)n3c2)c1C(F)(F)F. The van der Waals surface area contributed by atoms with Crippen molar-refractivity contribution in [2.45, 2.75) is 12.7 Å². The lowest BCUT2D eigenvalue weighted by molar-refractivity contribution is -0.143. The Morgan fingerprint density at radius 1 is 1.07 bits per heavy atom. The number of rotatable bonds is 4. The Morgan fingerprint density at radius 2 is 1.76 bits per heavy atom. The van der Waals surface area contributed by atoms with Crippen molar-refractivity contribution < 1.29 is 17.6 Å². The van der Waals surface area contributed by atoms with Crippen molar-refractivity contribution in [2.75, 3.05) is 0 Å². The van der Waals surface area contributed by atoms with Gasteiger partial charge < -0.3 is 4.40 Å². The van der Waals surface area contributed by atoms with E-state index in [0.29, 0.717) is 16.9 Å². The number of aromatic nitrogens is 4. The van der Waals surface area contributed by atoms with E-state index in [1.165, 1.54) is 42.0 Å². The molecule has 0 N–H and O–H groups in total. The topological polar surface area (TPSA) is 64.5 Å². The molecule has 0 fully saturated rings. The summed E-state index contributed by atoms with van der Waals surface area (Å²) in [6, 6.07) is 8.12. The molecule has 0 unspecified atom stereocenters. The maximum atomic E-state index is 13.8. The van der Waals surface area contributed by atoms with Gasteiger partial charge in [0.05, 0.1) is 11.9 Å². The fourth-order valence-electron chi connectivity index (χ4n) is 3.29. The van der Waals surface area contributed by atoms with E-state index in [0.717, 1.165) is 16.8 Å². The molecular weight excluding hydrogens is 390 g/mol. The summed E-state index contributed by atoms with van der Waals surface area (Å²) in [5.41, 5.74) is 0.453. The molecule has 10 heteroatoms. The lowest BCUT2D eigenvalue weighted by atomic mass is 9.99. The van der Waals surface area contributed by atoms with Crippen LogP contribution in [-0.2, 0) is 19.8 Å². The Morgan fingerprint density at radius 3 is 2.41 bits per heavy atom. The number of nitrogens with zero attached hydrogens (tertiary/aromatic N) is 5. The molecule has 3 aromatic heterocycles. The first-order valence-electron chi connectivity index (χ1n) is 8.45. The van der Waals surface area contributed by atoms with E-state index in [-0.39, 0.29) is 23.4 Å². The van der Waals surface area contributed by atoms with Gasteiger partial charge in [0, 0.05) is 29.9 Å². The molecular formula is C19H13F4N5O. The first kappa shape index (κ1) is 18.8. The zero-order valence-corrected chi connectivity index (χ0v) is 15.0. The number of fused-ring (bicyclic) bond motifs is 1. The lowest BCUT2D eigenvalue weighted by Gasteiger charge is -2.12. The van der Waals surface area contributed by atoms with Gasteiger partial charge in [-0.3, -0.25) is 4.68 Å². The highest BCUT2D eigenvalue weighted by molar-refractivity contribution is 5.83. The molecule has 0 saturated heterocycles. The number of benzene rings is 1. The van der Waals surface area contributed by atoms with E-state index in [9.17, 15) is 22.5 Å². The van der Waals surface area contributed by atoms with Gasteiger partial charge in [0.1, 0.15) is 23.7 Å². The molecule has 0 saturated carbocycles. The van der Waals surface area contributed by atoms with Crippen molar-refractivity contribution in [1.29, 1.82) is 0 Å². The third-order valence-electron chi connectivity index (χ3n) is 4.53. The van der Waals surface area contributed by atoms with Crippen molar-refractivity contribution in [3.8, 4) is 22.4 Å². The summed E-state index contributed by atoms with van der Waals surface area (Å²) in [6.07, 6.45) is -1.77. The number of aryl methyl sites for hydroxylation is 1. The summed E-state index contributed by atoms with van der Waals surface area (Å²) in [5, 5.41) is 6.88. The second-order valence-electron chi connectivity index (χ2n) is 6.38. The molecule has 4 rings (SSSR count). The van der Waals surface area contributed by atoms with Gasteiger partial charge in [-0.25, -0.2) is 9.37 Å². The summed E-state index contributed by atoms with van der Waals surface area (Å²) in [5.74, 6) is -0.506. The van der Waals surface area contributed by atoms with Gasteiger partial charge in [0.2, 0.25) is 0 Å². The van der Waals surface area contributed by atoms with Gasteiger partial charge in [-0.05, 0) is 36.4 Å². The number of hydrogen-bond acceptors (Lipinski definition) is 4. The number of nitroso groups, excluding NO2 is 1. The zero-order chi connectivity index (χ0) is 20.8. The first-order chi connectivity index (χ1) is 13.8. The fraction of sp³-hybridized carbons (Fsp3) is 0.158. The molecule has 0 aliphatic heterocycles. The van der Waals surface area contributed by atoms with Crippen molar-refractivity contribution >= 4 is 5.65 Å². The molecule has 0 radical (unpaired) electrons. The van der Waals surface area contributed by atoms with Crippen LogP contribution in [0.3, 0.4) is 0 Å².